The minimum absolute atomic E-state index is 0.270. The smallest absolute Gasteiger partial charge is 0.488 e. The molecule has 1 aromatic rings. The zero-order valence-corrected chi connectivity index (χ0v) is 13.1. The van der Waals surface area contributed by atoms with E-state index in [1.807, 2.05) is 26.0 Å². The van der Waals surface area contributed by atoms with Crippen molar-refractivity contribution in [1.29, 1.82) is 0 Å². The number of benzene rings is 1. The van der Waals surface area contributed by atoms with Crippen molar-refractivity contribution in [3.05, 3.63) is 23.8 Å². The molecule has 4 N–H and O–H groups in total. The molecule has 21 heavy (non-hydrogen) atoms. The van der Waals surface area contributed by atoms with Crippen molar-refractivity contribution < 1.29 is 19.5 Å². The van der Waals surface area contributed by atoms with Crippen molar-refractivity contribution in [1.82, 2.24) is 0 Å². The molecule has 0 amide bonds. The standard InChI is InChI=1S/C15H24BNO4/c1-14(2,18)9-15(3,4)20-10-5-6-11-12(7-10)16(19)21-13(11)8-17/h5-7,13,18-19H,8-9,17H2,1-4H3. The van der Waals surface area contributed by atoms with Crippen molar-refractivity contribution >= 4 is 12.6 Å². The van der Waals surface area contributed by atoms with Crippen molar-refractivity contribution in [3.63, 3.8) is 0 Å². The van der Waals surface area contributed by atoms with E-state index >= 15 is 0 Å². The number of nitrogens with two attached hydrogens (primary N) is 1. The average molecular weight is 293 g/mol. The summed E-state index contributed by atoms with van der Waals surface area (Å²) in [5, 5.41) is 19.9. The van der Waals surface area contributed by atoms with Crippen molar-refractivity contribution in [2.45, 2.75) is 51.4 Å². The lowest BCUT2D eigenvalue weighted by molar-refractivity contribution is -0.0106. The maximum absolute atomic E-state index is 9.94. The summed E-state index contributed by atoms with van der Waals surface area (Å²) in [5.41, 5.74) is 5.89. The van der Waals surface area contributed by atoms with Crippen LogP contribution in [0, 0.1) is 0 Å². The van der Waals surface area contributed by atoms with Crippen LogP contribution in [0.25, 0.3) is 0 Å². The SMILES string of the molecule is CC(C)(O)CC(C)(C)Oc1ccc2c(c1)B(O)OC2CN. The fourth-order valence-electron chi connectivity index (χ4n) is 3.01. The molecule has 0 bridgehead atoms. The van der Waals surface area contributed by atoms with E-state index in [1.54, 1.807) is 19.9 Å². The molecule has 1 heterocycles. The Kier molecular flexibility index (Phi) is 4.35. The van der Waals surface area contributed by atoms with Gasteiger partial charge in [-0.2, -0.15) is 0 Å². The van der Waals surface area contributed by atoms with E-state index in [4.69, 9.17) is 15.1 Å². The number of rotatable bonds is 5. The Morgan fingerprint density at radius 2 is 2.00 bits per heavy atom. The highest BCUT2D eigenvalue weighted by Crippen LogP contribution is 2.29. The van der Waals surface area contributed by atoms with E-state index in [9.17, 15) is 10.1 Å². The summed E-state index contributed by atoms with van der Waals surface area (Å²) in [6.45, 7) is 7.69. The molecule has 5 nitrogen and oxygen atoms in total. The Hall–Kier alpha value is -1.08. The molecular weight excluding hydrogens is 269 g/mol. The highest BCUT2D eigenvalue weighted by molar-refractivity contribution is 6.61. The van der Waals surface area contributed by atoms with E-state index in [1.165, 1.54) is 0 Å². The quantitative estimate of drug-likeness (QED) is 0.697. The highest BCUT2D eigenvalue weighted by atomic mass is 16.5. The number of aliphatic hydroxyl groups is 1. The molecule has 0 aliphatic carbocycles. The first-order valence-electron chi connectivity index (χ1n) is 7.20. The van der Waals surface area contributed by atoms with Crippen LogP contribution in [0.4, 0.5) is 0 Å². The maximum atomic E-state index is 9.94. The molecule has 116 valence electrons. The molecule has 2 rings (SSSR count). The fraction of sp³-hybridized carbons (Fsp3) is 0.600. The van der Waals surface area contributed by atoms with Crippen LogP contribution in [0.1, 0.15) is 45.8 Å². The van der Waals surface area contributed by atoms with Gasteiger partial charge in [-0.05, 0) is 50.9 Å². The van der Waals surface area contributed by atoms with Crippen LogP contribution >= 0.6 is 0 Å². The van der Waals surface area contributed by atoms with Crippen LogP contribution in [-0.2, 0) is 4.65 Å². The molecule has 0 aromatic heterocycles. The summed E-state index contributed by atoms with van der Waals surface area (Å²) in [6, 6.07) is 5.50. The molecule has 1 aliphatic rings. The fourth-order valence-corrected chi connectivity index (χ4v) is 3.01. The summed E-state index contributed by atoms with van der Waals surface area (Å²) in [7, 11) is -0.963. The second-order valence-corrected chi connectivity index (χ2v) is 6.85. The van der Waals surface area contributed by atoms with E-state index in [0.29, 0.717) is 24.2 Å². The first-order valence-corrected chi connectivity index (χ1v) is 7.20. The minimum Gasteiger partial charge on any atom is -0.488 e. The van der Waals surface area contributed by atoms with Crippen molar-refractivity contribution in [3.8, 4) is 5.75 Å². The number of hydrogen-bond acceptors (Lipinski definition) is 5. The molecule has 0 fully saturated rings. The molecule has 0 saturated carbocycles. The molecule has 0 radical (unpaired) electrons. The van der Waals surface area contributed by atoms with Crippen LogP contribution < -0.4 is 15.9 Å². The van der Waals surface area contributed by atoms with Gasteiger partial charge in [0, 0.05) is 13.0 Å². The number of ether oxygens (including phenoxy) is 1. The maximum Gasteiger partial charge on any atom is 0.492 e. The Morgan fingerprint density at radius 1 is 1.33 bits per heavy atom. The van der Waals surface area contributed by atoms with Gasteiger partial charge in [-0.1, -0.05) is 6.07 Å². The van der Waals surface area contributed by atoms with Crippen LogP contribution in [0.2, 0.25) is 0 Å². The third-order valence-electron chi connectivity index (χ3n) is 3.43. The van der Waals surface area contributed by atoms with E-state index in [0.717, 1.165) is 5.56 Å². The lowest BCUT2D eigenvalue weighted by atomic mass is 9.79. The van der Waals surface area contributed by atoms with Crippen LogP contribution in [0.5, 0.6) is 5.75 Å². The number of hydrogen-bond donors (Lipinski definition) is 3. The molecule has 0 saturated heterocycles. The van der Waals surface area contributed by atoms with Crippen molar-refractivity contribution in [2.75, 3.05) is 6.54 Å². The topological polar surface area (TPSA) is 84.9 Å². The minimum atomic E-state index is -0.963. The second kappa shape index (κ2) is 5.61. The molecule has 6 heteroatoms. The van der Waals surface area contributed by atoms with Crippen LogP contribution in [0.3, 0.4) is 0 Å². The second-order valence-electron chi connectivity index (χ2n) is 6.85. The Balaban J connectivity index is 2.18. The summed E-state index contributed by atoms with van der Waals surface area (Å²) >= 11 is 0. The van der Waals surface area contributed by atoms with Gasteiger partial charge in [0.25, 0.3) is 0 Å². The molecule has 0 spiro atoms. The van der Waals surface area contributed by atoms with Gasteiger partial charge >= 0.3 is 7.12 Å². The lowest BCUT2D eigenvalue weighted by Crippen LogP contribution is -2.38. The molecular formula is C15H24BNO4. The predicted octanol–water partition coefficient (Wildman–Crippen LogP) is 0.723. The molecule has 1 aliphatic heterocycles. The summed E-state index contributed by atoms with van der Waals surface area (Å²) in [6.07, 6.45) is 0.218. The van der Waals surface area contributed by atoms with E-state index in [2.05, 4.69) is 0 Å². The van der Waals surface area contributed by atoms with Gasteiger partial charge in [0.05, 0.1) is 11.7 Å². The van der Waals surface area contributed by atoms with Crippen LogP contribution in [0.15, 0.2) is 18.2 Å². The Bertz CT molecular complexity index is 513. The van der Waals surface area contributed by atoms with Crippen molar-refractivity contribution in [2.24, 2.45) is 5.73 Å². The third-order valence-corrected chi connectivity index (χ3v) is 3.43. The van der Waals surface area contributed by atoms with Gasteiger partial charge in [-0.25, -0.2) is 0 Å². The van der Waals surface area contributed by atoms with Gasteiger partial charge in [0.2, 0.25) is 0 Å². The monoisotopic (exact) mass is 293 g/mol. The zero-order valence-electron chi connectivity index (χ0n) is 13.1. The third kappa shape index (κ3) is 3.98. The molecule has 1 unspecified atom stereocenters. The normalized spacial score (nSPS) is 18.8. The predicted molar refractivity (Wildman–Crippen MR) is 82.6 cm³/mol. The lowest BCUT2D eigenvalue weighted by Gasteiger charge is -2.32. The first-order chi connectivity index (χ1) is 9.61. The van der Waals surface area contributed by atoms with Gasteiger partial charge < -0.3 is 25.3 Å². The Morgan fingerprint density at radius 3 is 2.57 bits per heavy atom. The van der Waals surface area contributed by atoms with Gasteiger partial charge in [0.1, 0.15) is 11.4 Å². The largest absolute Gasteiger partial charge is 0.492 e. The Labute approximate surface area is 126 Å². The average Bonchev–Trinajstić information content (AvgIpc) is 2.62. The van der Waals surface area contributed by atoms with Gasteiger partial charge in [-0.15, -0.1) is 0 Å². The summed E-state index contributed by atoms with van der Waals surface area (Å²) in [4.78, 5) is 0. The number of fused-ring (bicyclic) bond motifs is 1. The van der Waals surface area contributed by atoms with Gasteiger partial charge in [0.15, 0.2) is 0 Å². The molecule has 1 aromatic carbocycles. The van der Waals surface area contributed by atoms with Gasteiger partial charge in [-0.3, -0.25) is 0 Å². The highest BCUT2D eigenvalue weighted by Gasteiger charge is 2.35. The first kappa shape index (κ1) is 16.3. The molecule has 1 atom stereocenters. The summed E-state index contributed by atoms with van der Waals surface area (Å²) < 4.78 is 11.3. The van der Waals surface area contributed by atoms with E-state index in [-0.39, 0.29) is 6.10 Å². The zero-order chi connectivity index (χ0) is 15.8. The van der Waals surface area contributed by atoms with E-state index < -0.39 is 18.3 Å². The van der Waals surface area contributed by atoms with Crippen LogP contribution in [-0.4, -0.2) is 35.0 Å². The summed E-state index contributed by atoms with van der Waals surface area (Å²) in [5.74, 6) is 0.642.